The fraction of sp³-hybridized carbons (Fsp3) is 1.00. The average molecular weight is 200 g/mol. The number of aliphatic hydroxyl groups is 1. The van der Waals surface area contributed by atoms with Gasteiger partial charge in [0, 0.05) is 6.42 Å². The van der Waals surface area contributed by atoms with Crippen molar-refractivity contribution in [3.63, 3.8) is 0 Å². The maximum Gasteiger partial charge on any atom is 0.0969 e. The molecule has 0 radical (unpaired) electrons. The lowest BCUT2D eigenvalue weighted by molar-refractivity contribution is -0.163. The molecule has 0 aromatic rings. The summed E-state index contributed by atoms with van der Waals surface area (Å²) in [6.07, 6.45) is 4.68. The quantitative estimate of drug-likeness (QED) is 0.697. The van der Waals surface area contributed by atoms with Gasteiger partial charge in [-0.05, 0) is 33.1 Å². The highest BCUT2D eigenvalue weighted by Crippen LogP contribution is 2.42. The van der Waals surface area contributed by atoms with Crippen LogP contribution in [0.3, 0.4) is 0 Å². The number of rotatable bonds is 1. The first-order chi connectivity index (χ1) is 6.66. The normalized spacial score (nSPS) is 48.6. The molecule has 0 aromatic carbocycles. The van der Waals surface area contributed by atoms with Gasteiger partial charge in [0.15, 0.2) is 0 Å². The van der Waals surface area contributed by atoms with Crippen LogP contribution in [0.2, 0.25) is 0 Å². The predicted octanol–water partition coefficient (Wildman–Crippen LogP) is 1.48. The molecule has 2 fully saturated rings. The summed E-state index contributed by atoms with van der Waals surface area (Å²) in [6, 6.07) is 0. The van der Waals surface area contributed by atoms with Crippen LogP contribution in [0, 0.1) is 0 Å². The fourth-order valence-corrected chi connectivity index (χ4v) is 2.83. The van der Waals surface area contributed by atoms with Crippen molar-refractivity contribution >= 4 is 0 Å². The van der Waals surface area contributed by atoms with Crippen molar-refractivity contribution in [2.24, 2.45) is 0 Å². The van der Waals surface area contributed by atoms with E-state index in [1.165, 1.54) is 0 Å². The zero-order valence-electron chi connectivity index (χ0n) is 9.03. The molecule has 4 atom stereocenters. The first-order valence-electron chi connectivity index (χ1n) is 5.60. The Hall–Kier alpha value is -0.120. The number of hydrogen-bond acceptors (Lipinski definition) is 3. The van der Waals surface area contributed by atoms with E-state index < -0.39 is 0 Å². The van der Waals surface area contributed by atoms with Crippen molar-refractivity contribution in [1.29, 1.82) is 0 Å². The molecule has 4 unspecified atom stereocenters. The Bertz CT molecular complexity index is 207. The second-order valence-corrected chi connectivity index (χ2v) is 4.67. The van der Waals surface area contributed by atoms with Crippen LogP contribution in [0.1, 0.15) is 39.5 Å². The summed E-state index contributed by atoms with van der Waals surface area (Å²) in [6.45, 7) is 4.32. The van der Waals surface area contributed by atoms with Gasteiger partial charge in [0.1, 0.15) is 0 Å². The van der Waals surface area contributed by atoms with Gasteiger partial charge in [0.2, 0.25) is 0 Å². The monoisotopic (exact) mass is 200 g/mol. The van der Waals surface area contributed by atoms with E-state index in [1.807, 2.05) is 0 Å². The van der Waals surface area contributed by atoms with Crippen molar-refractivity contribution in [1.82, 2.24) is 0 Å². The molecule has 0 saturated carbocycles. The Morgan fingerprint density at radius 2 is 2.21 bits per heavy atom. The molecule has 2 heterocycles. The molecule has 0 aliphatic carbocycles. The van der Waals surface area contributed by atoms with E-state index in [9.17, 15) is 0 Å². The van der Waals surface area contributed by atoms with E-state index >= 15 is 0 Å². The lowest BCUT2D eigenvalue weighted by Crippen LogP contribution is -2.46. The topological polar surface area (TPSA) is 38.7 Å². The van der Waals surface area contributed by atoms with Crippen LogP contribution in [0.4, 0.5) is 0 Å². The second-order valence-electron chi connectivity index (χ2n) is 4.67. The third kappa shape index (κ3) is 1.69. The van der Waals surface area contributed by atoms with Crippen molar-refractivity contribution in [3.8, 4) is 0 Å². The molecule has 3 nitrogen and oxygen atoms in total. The van der Waals surface area contributed by atoms with Crippen LogP contribution in [-0.4, -0.2) is 35.6 Å². The molecular weight excluding hydrogens is 180 g/mol. The summed E-state index contributed by atoms with van der Waals surface area (Å²) in [7, 11) is 0. The molecule has 2 aliphatic heterocycles. The van der Waals surface area contributed by atoms with Gasteiger partial charge >= 0.3 is 0 Å². The summed E-state index contributed by atoms with van der Waals surface area (Å²) in [5, 5.41) is 9.12. The van der Waals surface area contributed by atoms with Gasteiger partial charge in [-0.2, -0.15) is 0 Å². The van der Waals surface area contributed by atoms with Gasteiger partial charge in [0.25, 0.3) is 0 Å². The third-order valence-electron chi connectivity index (χ3n) is 3.54. The maximum atomic E-state index is 9.12. The lowest BCUT2D eigenvalue weighted by Gasteiger charge is -2.40. The van der Waals surface area contributed by atoms with E-state index in [-0.39, 0.29) is 24.4 Å². The Morgan fingerprint density at radius 1 is 1.43 bits per heavy atom. The third-order valence-corrected chi connectivity index (χ3v) is 3.54. The van der Waals surface area contributed by atoms with E-state index in [1.54, 1.807) is 0 Å². The summed E-state index contributed by atoms with van der Waals surface area (Å²) in [5.74, 6) is 0. The number of aliphatic hydroxyl groups excluding tert-OH is 1. The van der Waals surface area contributed by atoms with E-state index in [4.69, 9.17) is 14.6 Å². The van der Waals surface area contributed by atoms with Crippen LogP contribution in [0.15, 0.2) is 0 Å². The van der Waals surface area contributed by atoms with Crippen molar-refractivity contribution in [2.75, 3.05) is 6.61 Å². The summed E-state index contributed by atoms with van der Waals surface area (Å²) >= 11 is 0. The highest BCUT2D eigenvalue weighted by Gasteiger charge is 2.48. The van der Waals surface area contributed by atoms with Crippen LogP contribution >= 0.6 is 0 Å². The summed E-state index contributed by atoms with van der Waals surface area (Å²) in [5.41, 5.74) is -0.106. The molecule has 1 N–H and O–H groups in total. The Balaban J connectivity index is 2.07. The van der Waals surface area contributed by atoms with Crippen LogP contribution in [0.25, 0.3) is 0 Å². The smallest absolute Gasteiger partial charge is 0.0969 e. The van der Waals surface area contributed by atoms with Gasteiger partial charge in [-0.3, -0.25) is 0 Å². The van der Waals surface area contributed by atoms with E-state index in [0.717, 1.165) is 25.7 Å². The van der Waals surface area contributed by atoms with Gasteiger partial charge in [-0.25, -0.2) is 0 Å². The average Bonchev–Trinajstić information content (AvgIpc) is 2.42. The molecule has 2 saturated heterocycles. The Labute approximate surface area is 85.4 Å². The zero-order chi connectivity index (χ0) is 10.2. The highest BCUT2D eigenvalue weighted by molar-refractivity contribution is 4.97. The lowest BCUT2D eigenvalue weighted by atomic mass is 9.85. The van der Waals surface area contributed by atoms with Crippen LogP contribution in [-0.2, 0) is 9.47 Å². The highest BCUT2D eigenvalue weighted by atomic mass is 16.6. The minimum absolute atomic E-state index is 0.0279. The molecule has 2 aliphatic rings. The summed E-state index contributed by atoms with van der Waals surface area (Å²) in [4.78, 5) is 0. The van der Waals surface area contributed by atoms with Gasteiger partial charge in [-0.1, -0.05) is 0 Å². The van der Waals surface area contributed by atoms with Gasteiger partial charge < -0.3 is 14.6 Å². The Morgan fingerprint density at radius 3 is 2.79 bits per heavy atom. The Kier molecular flexibility index (Phi) is 2.82. The molecule has 2 rings (SSSR count). The number of ether oxygens (including phenoxy) is 2. The fourth-order valence-electron chi connectivity index (χ4n) is 2.83. The zero-order valence-corrected chi connectivity index (χ0v) is 9.03. The maximum absolute atomic E-state index is 9.12. The standard InChI is InChI=1S/C11H20O3/c1-8-6-11(9(2)13-8)5-3-4-10(7-12)14-11/h8-10,12H,3-7H2,1-2H3. The van der Waals surface area contributed by atoms with Gasteiger partial charge in [0.05, 0.1) is 30.5 Å². The van der Waals surface area contributed by atoms with E-state index in [0.29, 0.717) is 6.10 Å². The van der Waals surface area contributed by atoms with Gasteiger partial charge in [-0.15, -0.1) is 0 Å². The summed E-state index contributed by atoms with van der Waals surface area (Å²) < 4.78 is 11.7. The first-order valence-corrected chi connectivity index (χ1v) is 5.60. The van der Waals surface area contributed by atoms with Crippen molar-refractivity contribution in [3.05, 3.63) is 0 Å². The van der Waals surface area contributed by atoms with Crippen molar-refractivity contribution < 1.29 is 14.6 Å². The van der Waals surface area contributed by atoms with Crippen molar-refractivity contribution in [2.45, 2.75) is 63.4 Å². The largest absolute Gasteiger partial charge is 0.394 e. The molecule has 3 heteroatoms. The van der Waals surface area contributed by atoms with Crippen LogP contribution < -0.4 is 0 Å². The number of hydrogen-bond donors (Lipinski definition) is 1. The minimum atomic E-state index is -0.106. The van der Waals surface area contributed by atoms with Crippen LogP contribution in [0.5, 0.6) is 0 Å². The minimum Gasteiger partial charge on any atom is -0.394 e. The predicted molar refractivity (Wildman–Crippen MR) is 53.2 cm³/mol. The molecule has 0 amide bonds. The SMILES string of the molecule is CC1CC2(CCCC(CO)O2)C(C)O1. The molecular formula is C11H20O3. The van der Waals surface area contributed by atoms with E-state index in [2.05, 4.69) is 13.8 Å². The first kappa shape index (κ1) is 10.4. The molecule has 82 valence electrons. The molecule has 1 spiro atoms. The second kappa shape index (κ2) is 3.80. The molecule has 14 heavy (non-hydrogen) atoms. The molecule has 0 aromatic heterocycles. The molecule has 0 bridgehead atoms.